The van der Waals surface area contributed by atoms with Crippen molar-refractivity contribution in [3.63, 3.8) is 0 Å². The van der Waals surface area contributed by atoms with Gasteiger partial charge in [0.25, 0.3) is 0 Å². The molecule has 0 aromatic heterocycles. The number of halogens is 3. The Bertz CT molecular complexity index is 1120. The molecular weight excluding hydrogens is 461 g/mol. The highest BCUT2D eigenvalue weighted by molar-refractivity contribution is 5.74. The van der Waals surface area contributed by atoms with E-state index in [9.17, 15) is 4.39 Å². The van der Waals surface area contributed by atoms with E-state index in [2.05, 4.69) is 6.58 Å². The van der Waals surface area contributed by atoms with E-state index in [-0.39, 0.29) is 24.7 Å². The molecule has 0 aliphatic heterocycles. The van der Waals surface area contributed by atoms with Crippen LogP contribution in [0, 0.1) is 11.8 Å². The van der Waals surface area contributed by atoms with E-state index in [1.54, 1.807) is 25.1 Å². The summed E-state index contributed by atoms with van der Waals surface area (Å²) in [6.07, 6.45) is -0.517. The molecule has 0 heterocycles. The molecule has 4 rings (SSSR count). The van der Waals surface area contributed by atoms with Gasteiger partial charge in [0.2, 0.25) is 0 Å². The number of hydrogen-bond donors (Lipinski definition) is 0. The fraction of sp³-hybridized carbons (Fsp3) is 0.355. The Morgan fingerprint density at radius 3 is 2.19 bits per heavy atom. The molecule has 1 unspecified atom stereocenters. The molecule has 3 aromatic rings. The first-order valence-corrected chi connectivity index (χ1v) is 12.6. The third kappa shape index (κ3) is 6.38. The van der Waals surface area contributed by atoms with Gasteiger partial charge < -0.3 is 9.47 Å². The van der Waals surface area contributed by atoms with Gasteiger partial charge >= 0.3 is 6.11 Å². The monoisotopic (exact) mass is 494 g/mol. The number of alkyl halides is 3. The third-order valence-corrected chi connectivity index (χ3v) is 6.93. The molecule has 0 spiro atoms. The first kappa shape index (κ1) is 26.0. The predicted octanol–water partition coefficient (Wildman–Crippen LogP) is 9.21. The normalized spacial score (nSPS) is 19.0. The van der Waals surface area contributed by atoms with Gasteiger partial charge in [0.05, 0.1) is 12.5 Å². The van der Waals surface area contributed by atoms with Gasteiger partial charge in [0.15, 0.2) is 6.36 Å². The van der Waals surface area contributed by atoms with Crippen molar-refractivity contribution in [2.45, 2.75) is 58.1 Å². The van der Waals surface area contributed by atoms with E-state index in [1.165, 1.54) is 0 Å². The Hall–Kier alpha value is -3.05. The minimum Gasteiger partial charge on any atom is -0.432 e. The van der Waals surface area contributed by atoms with Crippen LogP contribution in [0.4, 0.5) is 13.2 Å². The zero-order chi connectivity index (χ0) is 25.5. The van der Waals surface area contributed by atoms with Crippen LogP contribution < -0.4 is 4.74 Å². The van der Waals surface area contributed by atoms with Crippen LogP contribution in [0.5, 0.6) is 5.75 Å². The Kier molecular flexibility index (Phi) is 8.52. The first-order chi connectivity index (χ1) is 17.4. The molecule has 1 saturated carbocycles. The van der Waals surface area contributed by atoms with Crippen molar-refractivity contribution in [2.75, 3.05) is 0 Å². The summed E-state index contributed by atoms with van der Waals surface area (Å²) in [6.45, 7) is 5.46. The summed E-state index contributed by atoms with van der Waals surface area (Å²) < 4.78 is 55.0. The lowest BCUT2D eigenvalue weighted by molar-refractivity contribution is -0.222. The summed E-state index contributed by atoms with van der Waals surface area (Å²) in [5, 5.41) is 0. The maximum absolute atomic E-state index is 15.4. The molecule has 0 radical (unpaired) electrons. The average Bonchev–Trinajstić information content (AvgIpc) is 2.92. The second-order valence-corrected chi connectivity index (χ2v) is 9.41. The molecule has 1 aliphatic carbocycles. The molecule has 1 aliphatic rings. The molecule has 3 aromatic carbocycles. The molecule has 36 heavy (non-hydrogen) atoms. The lowest BCUT2D eigenvalue weighted by atomic mass is 9.81. The first-order valence-electron chi connectivity index (χ1n) is 12.6. The van der Waals surface area contributed by atoms with Crippen LogP contribution in [0.2, 0.25) is 0 Å². The second-order valence-electron chi connectivity index (χ2n) is 9.41. The highest BCUT2D eigenvalue weighted by Crippen LogP contribution is 2.43. The van der Waals surface area contributed by atoms with E-state index in [4.69, 9.17) is 9.47 Å². The second kappa shape index (κ2) is 11.8. The number of ether oxygens (including phenoxy) is 2. The summed E-state index contributed by atoms with van der Waals surface area (Å²) in [5.74, 6) is -0.507. The molecule has 0 N–H and O–H groups in total. The van der Waals surface area contributed by atoms with E-state index < -0.39 is 18.4 Å². The highest BCUT2D eigenvalue weighted by Gasteiger charge is 2.44. The van der Waals surface area contributed by atoms with Gasteiger partial charge in [-0.25, -0.2) is 4.39 Å². The van der Waals surface area contributed by atoms with E-state index >= 15 is 8.78 Å². The molecule has 2 nitrogen and oxygen atoms in total. The Morgan fingerprint density at radius 2 is 1.56 bits per heavy atom. The highest BCUT2D eigenvalue weighted by atomic mass is 19.3. The van der Waals surface area contributed by atoms with Crippen molar-refractivity contribution in [1.82, 2.24) is 0 Å². The number of rotatable bonds is 10. The molecule has 5 heteroatoms. The van der Waals surface area contributed by atoms with Crippen molar-refractivity contribution in [2.24, 2.45) is 11.8 Å². The van der Waals surface area contributed by atoms with Gasteiger partial charge in [-0.15, -0.1) is 6.58 Å². The third-order valence-electron chi connectivity index (χ3n) is 6.93. The van der Waals surface area contributed by atoms with Crippen molar-refractivity contribution in [3.05, 3.63) is 91.0 Å². The summed E-state index contributed by atoms with van der Waals surface area (Å²) in [6, 6.07) is 22.8. The number of allylic oxidation sites excluding steroid dienone is 1. The summed E-state index contributed by atoms with van der Waals surface area (Å²) in [5.41, 5.74) is 4.01. The standard InChI is InChI=1S/C31H33F3O2/c1-3-22-10-17-27(18-11-22)31(33,34)36-29-20-23(21-35-30(32)4-2)12-19-28(29)26-15-13-25(14-16-26)24-8-6-5-7-9-24/h3,5-9,12-16,19-20,22,27,30H,1,4,10-11,17-18,21H2,2H3. The maximum Gasteiger partial charge on any atom is 0.400 e. The molecule has 190 valence electrons. The predicted molar refractivity (Wildman–Crippen MR) is 139 cm³/mol. The van der Waals surface area contributed by atoms with E-state index in [0.717, 1.165) is 16.7 Å². The molecule has 1 fully saturated rings. The van der Waals surface area contributed by atoms with Gasteiger partial charge in [-0.3, -0.25) is 0 Å². The molecule has 0 bridgehead atoms. The minimum atomic E-state index is -3.32. The van der Waals surface area contributed by atoms with Crippen LogP contribution >= 0.6 is 0 Å². The Morgan fingerprint density at radius 1 is 0.917 bits per heavy atom. The van der Waals surface area contributed by atoms with Crippen LogP contribution in [-0.4, -0.2) is 12.5 Å². The SMILES string of the molecule is C=CC1CCC(C(F)(F)Oc2cc(COC(F)CC)ccc2-c2ccc(-c3ccccc3)cc2)CC1. The summed E-state index contributed by atoms with van der Waals surface area (Å²) in [7, 11) is 0. The summed E-state index contributed by atoms with van der Waals surface area (Å²) in [4.78, 5) is 0. The van der Waals surface area contributed by atoms with Crippen molar-refractivity contribution in [3.8, 4) is 28.0 Å². The average molecular weight is 495 g/mol. The van der Waals surface area contributed by atoms with E-state index in [0.29, 0.717) is 36.8 Å². The minimum absolute atomic E-state index is 0.0192. The topological polar surface area (TPSA) is 18.5 Å². The van der Waals surface area contributed by atoms with Gasteiger partial charge in [-0.05, 0) is 59.9 Å². The molecule has 0 amide bonds. The van der Waals surface area contributed by atoms with Gasteiger partial charge in [0, 0.05) is 12.0 Å². The van der Waals surface area contributed by atoms with Gasteiger partial charge in [0.1, 0.15) is 5.75 Å². The quantitative estimate of drug-likeness (QED) is 0.262. The maximum atomic E-state index is 15.4. The molecule has 1 atom stereocenters. The number of hydrogen-bond acceptors (Lipinski definition) is 2. The van der Waals surface area contributed by atoms with Crippen LogP contribution in [0.1, 0.15) is 44.6 Å². The zero-order valence-electron chi connectivity index (χ0n) is 20.6. The van der Waals surface area contributed by atoms with Gasteiger partial charge in [-0.2, -0.15) is 8.78 Å². The molecule has 0 saturated heterocycles. The van der Waals surface area contributed by atoms with Crippen molar-refractivity contribution >= 4 is 0 Å². The van der Waals surface area contributed by atoms with Crippen LogP contribution in [0.15, 0.2) is 85.5 Å². The fourth-order valence-corrected chi connectivity index (χ4v) is 4.68. The lowest BCUT2D eigenvalue weighted by Gasteiger charge is -2.32. The van der Waals surface area contributed by atoms with Crippen LogP contribution in [0.3, 0.4) is 0 Å². The summed E-state index contributed by atoms with van der Waals surface area (Å²) >= 11 is 0. The van der Waals surface area contributed by atoms with Crippen LogP contribution in [0.25, 0.3) is 22.3 Å². The van der Waals surface area contributed by atoms with Crippen molar-refractivity contribution < 1.29 is 22.6 Å². The van der Waals surface area contributed by atoms with Crippen LogP contribution in [-0.2, 0) is 11.3 Å². The lowest BCUT2D eigenvalue weighted by Crippen LogP contribution is -2.37. The largest absolute Gasteiger partial charge is 0.432 e. The van der Waals surface area contributed by atoms with Crippen molar-refractivity contribution in [1.29, 1.82) is 0 Å². The van der Waals surface area contributed by atoms with E-state index in [1.807, 2.05) is 60.7 Å². The van der Waals surface area contributed by atoms with Gasteiger partial charge in [-0.1, -0.05) is 79.7 Å². The number of benzene rings is 3. The fourth-order valence-electron chi connectivity index (χ4n) is 4.68. The zero-order valence-corrected chi connectivity index (χ0v) is 20.6. The molecular formula is C31H33F3O2. The Balaban J connectivity index is 1.61. The smallest absolute Gasteiger partial charge is 0.400 e. The Labute approximate surface area is 211 Å².